The molecule has 26 heavy (non-hydrogen) atoms. The molecular weight excluding hydrogens is 334 g/mol. The Kier molecular flexibility index (Phi) is 4.89. The van der Waals surface area contributed by atoms with Crippen LogP contribution in [-0.4, -0.2) is 29.2 Å². The van der Waals surface area contributed by atoms with Crippen LogP contribution in [0.1, 0.15) is 20.7 Å². The third kappa shape index (κ3) is 3.84. The Morgan fingerprint density at radius 3 is 2.50 bits per heavy atom. The first kappa shape index (κ1) is 17.1. The van der Waals surface area contributed by atoms with Crippen molar-refractivity contribution in [1.29, 1.82) is 0 Å². The first-order chi connectivity index (χ1) is 12.6. The number of hydrogen-bond acceptors (Lipinski definition) is 5. The minimum absolute atomic E-state index is 0.288. The van der Waals surface area contributed by atoms with Crippen LogP contribution in [0.15, 0.2) is 65.5 Å². The van der Waals surface area contributed by atoms with Crippen LogP contribution in [0.2, 0.25) is 0 Å². The number of esters is 1. The number of nitrogens with one attached hydrogen (secondary N) is 2. The van der Waals surface area contributed by atoms with Gasteiger partial charge in [0, 0.05) is 22.9 Å². The molecule has 3 rings (SSSR count). The van der Waals surface area contributed by atoms with Crippen LogP contribution in [0.3, 0.4) is 0 Å². The molecule has 0 unspecified atom stereocenters. The quantitative estimate of drug-likeness (QED) is 0.705. The molecule has 0 aliphatic carbocycles. The minimum Gasteiger partial charge on any atom is -0.465 e. The van der Waals surface area contributed by atoms with Gasteiger partial charge in [-0.2, -0.15) is 5.10 Å². The summed E-state index contributed by atoms with van der Waals surface area (Å²) in [5.41, 5.74) is 2.22. The summed E-state index contributed by atoms with van der Waals surface area (Å²) in [7, 11) is 1.28. The van der Waals surface area contributed by atoms with Gasteiger partial charge in [-0.05, 0) is 36.4 Å². The van der Waals surface area contributed by atoms with Crippen molar-refractivity contribution in [1.82, 2.24) is 10.2 Å². The number of aromatic amines is 1. The molecule has 130 valence electrons. The highest BCUT2D eigenvalue weighted by Crippen LogP contribution is 2.20. The van der Waals surface area contributed by atoms with E-state index in [2.05, 4.69) is 20.3 Å². The Morgan fingerprint density at radius 1 is 1.00 bits per heavy atom. The van der Waals surface area contributed by atoms with Gasteiger partial charge < -0.3 is 10.1 Å². The monoisotopic (exact) mass is 349 g/mol. The molecule has 1 amide bonds. The fourth-order valence-electron chi connectivity index (χ4n) is 2.37. The number of ether oxygens (including phenoxy) is 1. The average molecular weight is 349 g/mol. The van der Waals surface area contributed by atoms with Gasteiger partial charge in [0.25, 0.3) is 11.5 Å². The van der Waals surface area contributed by atoms with Crippen molar-refractivity contribution in [2.75, 3.05) is 12.4 Å². The SMILES string of the molecule is COC(=O)c1cccc(C(=O)Nc2cccc(-c3ccc(=O)[nH]n3)c2)c1. The fraction of sp³-hybridized carbons (Fsp3) is 0.0526. The highest BCUT2D eigenvalue weighted by molar-refractivity contribution is 6.05. The van der Waals surface area contributed by atoms with E-state index in [4.69, 9.17) is 0 Å². The van der Waals surface area contributed by atoms with Crippen LogP contribution in [-0.2, 0) is 4.74 Å². The van der Waals surface area contributed by atoms with E-state index >= 15 is 0 Å². The number of rotatable bonds is 4. The fourth-order valence-corrected chi connectivity index (χ4v) is 2.37. The molecule has 1 aromatic heterocycles. The summed E-state index contributed by atoms with van der Waals surface area (Å²) < 4.78 is 4.66. The number of aromatic nitrogens is 2. The van der Waals surface area contributed by atoms with E-state index < -0.39 is 5.97 Å². The van der Waals surface area contributed by atoms with Crippen LogP contribution in [0.4, 0.5) is 5.69 Å². The molecule has 2 aromatic carbocycles. The van der Waals surface area contributed by atoms with Gasteiger partial charge in [-0.1, -0.05) is 18.2 Å². The smallest absolute Gasteiger partial charge is 0.337 e. The predicted octanol–water partition coefficient (Wildman–Crippen LogP) is 2.48. The first-order valence-electron chi connectivity index (χ1n) is 7.73. The normalized spacial score (nSPS) is 10.2. The second kappa shape index (κ2) is 7.43. The highest BCUT2D eigenvalue weighted by Gasteiger charge is 2.11. The van der Waals surface area contributed by atoms with Gasteiger partial charge in [-0.25, -0.2) is 9.89 Å². The van der Waals surface area contributed by atoms with E-state index in [0.29, 0.717) is 22.5 Å². The molecule has 0 aliphatic rings. The van der Waals surface area contributed by atoms with Crippen molar-refractivity contribution in [2.45, 2.75) is 0 Å². The van der Waals surface area contributed by atoms with Crippen molar-refractivity contribution in [3.63, 3.8) is 0 Å². The lowest BCUT2D eigenvalue weighted by atomic mass is 10.1. The Bertz CT molecular complexity index is 1010. The molecule has 0 radical (unpaired) electrons. The Morgan fingerprint density at radius 2 is 1.77 bits per heavy atom. The molecule has 0 saturated heterocycles. The second-order valence-corrected chi connectivity index (χ2v) is 5.41. The lowest BCUT2D eigenvalue weighted by Crippen LogP contribution is -2.13. The molecule has 0 saturated carbocycles. The van der Waals surface area contributed by atoms with Crippen LogP contribution < -0.4 is 10.9 Å². The number of methoxy groups -OCH3 is 1. The number of nitrogens with zero attached hydrogens (tertiary/aromatic N) is 1. The van der Waals surface area contributed by atoms with Gasteiger partial charge >= 0.3 is 5.97 Å². The molecular formula is C19H15N3O4. The zero-order valence-electron chi connectivity index (χ0n) is 13.9. The Balaban J connectivity index is 1.82. The predicted molar refractivity (Wildman–Crippen MR) is 96.0 cm³/mol. The maximum atomic E-state index is 12.4. The minimum atomic E-state index is -0.509. The maximum absolute atomic E-state index is 12.4. The largest absolute Gasteiger partial charge is 0.465 e. The van der Waals surface area contributed by atoms with Crippen molar-refractivity contribution in [2.24, 2.45) is 0 Å². The molecule has 7 heteroatoms. The highest BCUT2D eigenvalue weighted by atomic mass is 16.5. The number of carbonyl (C=O) groups excluding carboxylic acids is 2. The summed E-state index contributed by atoms with van der Waals surface area (Å²) >= 11 is 0. The van der Waals surface area contributed by atoms with Crippen molar-refractivity contribution in [3.8, 4) is 11.3 Å². The molecule has 3 aromatic rings. The van der Waals surface area contributed by atoms with Crippen molar-refractivity contribution >= 4 is 17.6 Å². The standard InChI is InChI=1S/C19H15N3O4/c1-26-19(25)14-6-2-5-13(10-14)18(24)20-15-7-3-4-12(11-15)16-8-9-17(23)22-21-16/h2-11H,1H3,(H,20,24)(H,22,23). The summed E-state index contributed by atoms with van der Waals surface area (Å²) in [6.45, 7) is 0. The maximum Gasteiger partial charge on any atom is 0.337 e. The van der Waals surface area contributed by atoms with Crippen molar-refractivity contribution < 1.29 is 14.3 Å². The Labute approximate surface area is 148 Å². The summed E-state index contributed by atoms with van der Waals surface area (Å²) in [5, 5.41) is 9.11. The van der Waals surface area contributed by atoms with E-state index in [1.54, 1.807) is 42.5 Å². The van der Waals surface area contributed by atoms with E-state index in [1.807, 2.05) is 6.07 Å². The molecule has 0 spiro atoms. The molecule has 7 nitrogen and oxygen atoms in total. The van der Waals surface area contributed by atoms with E-state index in [-0.39, 0.29) is 11.5 Å². The van der Waals surface area contributed by atoms with Crippen LogP contribution in [0, 0.1) is 0 Å². The van der Waals surface area contributed by atoms with Crippen LogP contribution >= 0.6 is 0 Å². The molecule has 0 bridgehead atoms. The van der Waals surface area contributed by atoms with E-state index in [0.717, 1.165) is 5.56 Å². The number of carbonyl (C=O) groups is 2. The van der Waals surface area contributed by atoms with E-state index in [1.165, 1.54) is 19.2 Å². The second-order valence-electron chi connectivity index (χ2n) is 5.41. The molecule has 0 atom stereocenters. The Hall–Kier alpha value is -3.74. The number of benzene rings is 2. The summed E-state index contributed by atoms with van der Waals surface area (Å²) in [6, 6.07) is 16.3. The average Bonchev–Trinajstić information content (AvgIpc) is 2.68. The number of anilines is 1. The van der Waals surface area contributed by atoms with Gasteiger partial charge in [0.2, 0.25) is 0 Å². The molecule has 0 aliphatic heterocycles. The third-order valence-corrected chi connectivity index (χ3v) is 3.64. The third-order valence-electron chi connectivity index (χ3n) is 3.64. The van der Waals surface area contributed by atoms with Crippen molar-refractivity contribution in [3.05, 3.63) is 82.1 Å². The number of amides is 1. The molecule has 0 fully saturated rings. The van der Waals surface area contributed by atoms with Gasteiger partial charge in [-0.3, -0.25) is 9.59 Å². The van der Waals surface area contributed by atoms with Gasteiger partial charge in [0.05, 0.1) is 18.4 Å². The van der Waals surface area contributed by atoms with Crippen LogP contribution in [0.5, 0.6) is 0 Å². The van der Waals surface area contributed by atoms with Crippen LogP contribution in [0.25, 0.3) is 11.3 Å². The lowest BCUT2D eigenvalue weighted by molar-refractivity contribution is 0.0600. The number of hydrogen-bond donors (Lipinski definition) is 2. The summed E-state index contributed by atoms with van der Waals surface area (Å²) in [5.74, 6) is -0.867. The lowest BCUT2D eigenvalue weighted by Gasteiger charge is -2.08. The first-order valence-corrected chi connectivity index (χ1v) is 7.73. The summed E-state index contributed by atoms with van der Waals surface area (Å²) in [4.78, 5) is 35.1. The zero-order valence-corrected chi connectivity index (χ0v) is 13.9. The van der Waals surface area contributed by atoms with Gasteiger partial charge in [-0.15, -0.1) is 0 Å². The zero-order chi connectivity index (χ0) is 18.5. The summed E-state index contributed by atoms with van der Waals surface area (Å²) in [6.07, 6.45) is 0. The number of H-pyrrole nitrogens is 1. The van der Waals surface area contributed by atoms with Gasteiger partial charge in [0.1, 0.15) is 0 Å². The van der Waals surface area contributed by atoms with Gasteiger partial charge in [0.15, 0.2) is 0 Å². The topological polar surface area (TPSA) is 101 Å². The molecule has 2 N–H and O–H groups in total. The molecule has 1 heterocycles. The van der Waals surface area contributed by atoms with E-state index in [9.17, 15) is 14.4 Å².